The van der Waals surface area contributed by atoms with Gasteiger partial charge in [0.1, 0.15) is 5.69 Å². The lowest BCUT2D eigenvalue weighted by atomic mass is 9.95. The van der Waals surface area contributed by atoms with E-state index in [1.54, 1.807) is 29.9 Å². The molecule has 0 aliphatic heterocycles. The molecule has 1 N–H and O–H groups in total. The topological polar surface area (TPSA) is 98.6 Å². The maximum atomic E-state index is 11.0. The monoisotopic (exact) mass is 586 g/mol. The summed E-state index contributed by atoms with van der Waals surface area (Å²) in [5.74, 6) is -0.256. The first-order chi connectivity index (χ1) is 21.4. The lowest BCUT2D eigenvalue weighted by Crippen LogP contribution is -2.03. The fourth-order valence-corrected chi connectivity index (χ4v) is 4.54. The highest BCUT2D eigenvalue weighted by Crippen LogP contribution is 2.24. The summed E-state index contributed by atoms with van der Waals surface area (Å²) in [4.78, 5) is 11.0. The number of aromatic nitrogens is 6. The Hall–Kier alpha value is -5.37. The van der Waals surface area contributed by atoms with Crippen LogP contribution in [0.3, 0.4) is 0 Å². The van der Waals surface area contributed by atoms with E-state index in [0.29, 0.717) is 12.2 Å². The van der Waals surface area contributed by atoms with Crippen molar-refractivity contribution in [3.63, 3.8) is 0 Å². The van der Waals surface area contributed by atoms with Gasteiger partial charge in [0.15, 0.2) is 0 Å². The molecule has 0 saturated heterocycles. The third-order valence-corrected chi connectivity index (χ3v) is 6.86. The third kappa shape index (κ3) is 9.32. The second kappa shape index (κ2) is 16.3. The molecule has 6 rings (SSSR count). The molecule has 6 aromatic rings. The van der Waals surface area contributed by atoms with Crippen LogP contribution in [0.25, 0.3) is 16.9 Å². The highest BCUT2D eigenvalue weighted by Gasteiger charge is 2.09. The third-order valence-electron chi connectivity index (χ3n) is 6.86. The Labute approximate surface area is 258 Å². The number of carbonyl (C=O) groups is 1. The van der Waals surface area contributed by atoms with Gasteiger partial charge in [0.2, 0.25) is 0 Å². The molecular formula is C36H38N6O2. The number of carbonyl (C=O) groups excluding carboxylic acids is 1. The van der Waals surface area contributed by atoms with Gasteiger partial charge in [-0.15, -0.1) is 10.2 Å². The normalized spacial score (nSPS) is 10.2. The SMILES string of the molecule is CCOC(=O)c1ccccc1.Cc1ccc(CCc2ccccc2C)c(-c2c[nH]nn2)c1.Cc1cccc(-n2ccnn2)c1. The van der Waals surface area contributed by atoms with E-state index < -0.39 is 0 Å². The second-order valence-corrected chi connectivity index (χ2v) is 10.2. The highest BCUT2D eigenvalue weighted by atomic mass is 16.5. The van der Waals surface area contributed by atoms with E-state index in [1.165, 1.54) is 33.4 Å². The molecule has 0 aliphatic carbocycles. The summed E-state index contributed by atoms with van der Waals surface area (Å²) in [7, 11) is 0. The number of hydrogen-bond acceptors (Lipinski definition) is 6. The van der Waals surface area contributed by atoms with Crippen LogP contribution in [0.1, 0.15) is 45.1 Å². The van der Waals surface area contributed by atoms with Gasteiger partial charge in [0, 0.05) is 11.8 Å². The molecule has 0 bridgehead atoms. The number of nitrogens with zero attached hydrogens (tertiary/aromatic N) is 5. The van der Waals surface area contributed by atoms with Gasteiger partial charge in [-0.1, -0.05) is 82.7 Å². The van der Waals surface area contributed by atoms with E-state index in [0.717, 1.165) is 24.2 Å². The summed E-state index contributed by atoms with van der Waals surface area (Å²) >= 11 is 0. The second-order valence-electron chi connectivity index (χ2n) is 10.2. The van der Waals surface area contributed by atoms with Crippen molar-refractivity contribution >= 4 is 5.97 Å². The molecule has 0 aliphatic rings. The molecule has 8 heteroatoms. The van der Waals surface area contributed by atoms with E-state index in [9.17, 15) is 4.79 Å². The lowest BCUT2D eigenvalue weighted by molar-refractivity contribution is 0.0526. The first kappa shape index (κ1) is 31.6. The molecule has 0 unspecified atom stereocenters. The van der Waals surface area contributed by atoms with Crippen LogP contribution in [0.5, 0.6) is 0 Å². The van der Waals surface area contributed by atoms with Crippen molar-refractivity contribution in [3.05, 3.63) is 149 Å². The quantitative estimate of drug-likeness (QED) is 0.197. The predicted molar refractivity (Wildman–Crippen MR) is 174 cm³/mol. The van der Waals surface area contributed by atoms with Gasteiger partial charge in [0.05, 0.1) is 30.3 Å². The molecule has 0 radical (unpaired) electrons. The first-order valence-corrected chi connectivity index (χ1v) is 14.6. The van der Waals surface area contributed by atoms with Gasteiger partial charge in [-0.25, -0.2) is 9.48 Å². The zero-order valence-corrected chi connectivity index (χ0v) is 25.6. The summed E-state index contributed by atoms with van der Waals surface area (Å²) in [6.45, 7) is 8.55. The molecule has 2 heterocycles. The van der Waals surface area contributed by atoms with Gasteiger partial charge in [-0.05, 0) is 93.1 Å². The van der Waals surface area contributed by atoms with Gasteiger partial charge in [-0.2, -0.15) is 0 Å². The van der Waals surface area contributed by atoms with E-state index in [4.69, 9.17) is 4.74 Å². The Balaban J connectivity index is 0.000000164. The summed E-state index contributed by atoms with van der Waals surface area (Å²) in [6.07, 6.45) is 7.40. The van der Waals surface area contributed by atoms with Crippen LogP contribution < -0.4 is 0 Å². The van der Waals surface area contributed by atoms with Crippen molar-refractivity contribution in [2.24, 2.45) is 0 Å². The van der Waals surface area contributed by atoms with E-state index in [2.05, 4.69) is 101 Å². The van der Waals surface area contributed by atoms with Crippen molar-refractivity contribution in [2.45, 2.75) is 40.5 Å². The fraction of sp³-hybridized carbons (Fsp3) is 0.194. The van der Waals surface area contributed by atoms with Gasteiger partial charge in [0.25, 0.3) is 0 Å². The fourth-order valence-electron chi connectivity index (χ4n) is 4.54. The van der Waals surface area contributed by atoms with Crippen LogP contribution >= 0.6 is 0 Å². The number of H-pyrrole nitrogens is 1. The largest absolute Gasteiger partial charge is 0.462 e. The van der Waals surface area contributed by atoms with Crippen LogP contribution in [-0.4, -0.2) is 43.0 Å². The van der Waals surface area contributed by atoms with Crippen molar-refractivity contribution in [3.8, 4) is 16.9 Å². The summed E-state index contributed by atoms with van der Waals surface area (Å²) < 4.78 is 6.53. The molecule has 4 aromatic carbocycles. The van der Waals surface area contributed by atoms with Crippen LogP contribution in [0.2, 0.25) is 0 Å². The zero-order chi connectivity index (χ0) is 31.1. The highest BCUT2D eigenvalue weighted by molar-refractivity contribution is 5.89. The van der Waals surface area contributed by atoms with Crippen LogP contribution in [-0.2, 0) is 17.6 Å². The Bertz CT molecular complexity index is 1720. The van der Waals surface area contributed by atoms with Crippen molar-refractivity contribution in [1.29, 1.82) is 0 Å². The van der Waals surface area contributed by atoms with E-state index in [-0.39, 0.29) is 5.97 Å². The Kier molecular flexibility index (Phi) is 11.7. The summed E-state index contributed by atoms with van der Waals surface area (Å²) in [5.41, 5.74) is 10.3. The maximum absolute atomic E-state index is 11.0. The van der Waals surface area contributed by atoms with Gasteiger partial charge < -0.3 is 4.74 Å². The number of rotatable bonds is 7. The number of aromatic amines is 1. The molecule has 44 heavy (non-hydrogen) atoms. The van der Waals surface area contributed by atoms with Gasteiger partial charge >= 0.3 is 5.97 Å². The number of aryl methyl sites for hydroxylation is 5. The number of hydrogen-bond donors (Lipinski definition) is 1. The van der Waals surface area contributed by atoms with Crippen LogP contribution in [0.4, 0.5) is 0 Å². The average Bonchev–Trinajstić information content (AvgIpc) is 3.78. The number of nitrogens with one attached hydrogen (secondary N) is 1. The number of esters is 1. The van der Waals surface area contributed by atoms with Crippen LogP contribution in [0.15, 0.2) is 116 Å². The molecule has 224 valence electrons. The molecule has 0 fully saturated rings. The van der Waals surface area contributed by atoms with E-state index >= 15 is 0 Å². The Morgan fingerprint density at radius 1 is 0.818 bits per heavy atom. The summed E-state index contributed by atoms with van der Waals surface area (Å²) in [5, 5.41) is 18.4. The average molecular weight is 587 g/mol. The zero-order valence-electron chi connectivity index (χ0n) is 25.6. The molecule has 8 nitrogen and oxygen atoms in total. The maximum Gasteiger partial charge on any atom is 0.338 e. The molecule has 0 spiro atoms. The van der Waals surface area contributed by atoms with Crippen molar-refractivity contribution in [1.82, 2.24) is 30.4 Å². The standard InChI is InChI=1S/C18H19N3.C9H9N3.C9H10O2/c1-13-7-8-16(17(11-13)18-12-19-21-20-18)10-9-15-6-4-3-5-14(15)2;1-8-3-2-4-9(7-8)12-6-5-10-11-12;1-2-11-9(10)8-6-4-3-5-7-8/h3-8,11-12H,9-10H2,1-2H3,(H,19,20,21);2-7H,1H3;3-7H,2H2,1H3. The molecule has 0 saturated carbocycles. The Morgan fingerprint density at radius 3 is 2.25 bits per heavy atom. The molecule has 0 atom stereocenters. The minimum atomic E-state index is -0.256. The number of benzene rings is 4. The summed E-state index contributed by atoms with van der Waals surface area (Å²) in [6, 6.07) is 32.2. The minimum absolute atomic E-state index is 0.256. The molecule has 2 aromatic heterocycles. The molecular weight excluding hydrogens is 548 g/mol. The number of ether oxygens (including phenoxy) is 1. The first-order valence-electron chi connectivity index (χ1n) is 14.6. The lowest BCUT2D eigenvalue weighted by Gasteiger charge is -2.10. The van der Waals surface area contributed by atoms with Gasteiger partial charge in [-0.3, -0.25) is 5.10 Å². The Morgan fingerprint density at radius 2 is 1.57 bits per heavy atom. The predicted octanol–water partition coefficient (Wildman–Crippen LogP) is 7.31. The van der Waals surface area contributed by atoms with Crippen molar-refractivity contribution in [2.75, 3.05) is 6.61 Å². The van der Waals surface area contributed by atoms with Crippen molar-refractivity contribution < 1.29 is 9.53 Å². The minimum Gasteiger partial charge on any atom is -0.462 e. The molecule has 0 amide bonds. The smallest absolute Gasteiger partial charge is 0.338 e. The van der Waals surface area contributed by atoms with E-state index in [1.807, 2.05) is 42.7 Å². The van der Waals surface area contributed by atoms with Crippen LogP contribution in [0, 0.1) is 20.8 Å².